The molecule has 11 atom stereocenters. The maximum absolute atomic E-state index is 12.5. The zero-order valence-electron chi connectivity index (χ0n) is 16.8. The predicted molar refractivity (Wildman–Crippen MR) is 108 cm³/mol. The molecule has 2 heterocycles. The van der Waals surface area contributed by atoms with Gasteiger partial charge in [-0.05, 0) is 0 Å². The Morgan fingerprint density at radius 2 is 1.31 bits per heavy atom. The zero-order chi connectivity index (χ0) is 24.0. The minimum atomic E-state index is -2.56. The zero-order valence-corrected chi connectivity index (χ0v) is 19.2. The number of aliphatic hydroxyl groups excluding tert-OH is 7. The highest BCUT2D eigenvalue weighted by molar-refractivity contribution is 7.36. The van der Waals surface area contributed by atoms with E-state index >= 15 is 0 Å². The molecular weight excluding hydrogens is 500 g/mol. The van der Waals surface area contributed by atoms with Gasteiger partial charge in [0.15, 0.2) is 12.6 Å². The fourth-order valence-corrected chi connectivity index (χ4v) is 4.92. The van der Waals surface area contributed by atoms with Crippen LogP contribution in [0.5, 0.6) is 0 Å². The van der Waals surface area contributed by atoms with E-state index in [-0.39, 0.29) is 24.8 Å². The lowest BCUT2D eigenvalue weighted by Crippen LogP contribution is -2.64. The Bertz CT molecular complexity index is 587. The van der Waals surface area contributed by atoms with Crippen molar-refractivity contribution in [3.63, 3.8) is 0 Å². The molecule has 0 amide bonds. The van der Waals surface area contributed by atoms with Crippen molar-refractivity contribution in [2.45, 2.75) is 61.4 Å². The molecule has 16 heteroatoms. The molecule has 1 unspecified atom stereocenters. The molecule has 0 saturated carbocycles. The van der Waals surface area contributed by atoms with Crippen LogP contribution in [0, 0.1) is 0 Å². The lowest BCUT2D eigenvalue weighted by Gasteiger charge is -2.45. The van der Waals surface area contributed by atoms with E-state index in [9.17, 15) is 40.3 Å². The summed E-state index contributed by atoms with van der Waals surface area (Å²) in [5.74, 6) is 0.263. The number of aliphatic hydroxyl groups is 7. The highest BCUT2D eigenvalue weighted by Gasteiger charge is 2.51. The van der Waals surface area contributed by atoms with Crippen molar-refractivity contribution in [2.75, 3.05) is 38.1 Å². The van der Waals surface area contributed by atoms with Crippen LogP contribution < -0.4 is 0 Å². The Morgan fingerprint density at radius 3 is 1.84 bits per heavy atom. The molecule has 13 nitrogen and oxygen atoms in total. The third-order valence-electron chi connectivity index (χ3n) is 5.07. The van der Waals surface area contributed by atoms with Crippen molar-refractivity contribution in [3.8, 4) is 0 Å². The van der Waals surface area contributed by atoms with Gasteiger partial charge in [-0.3, -0.25) is 4.52 Å². The lowest BCUT2D eigenvalue weighted by atomic mass is 9.97. The van der Waals surface area contributed by atoms with Crippen molar-refractivity contribution in [1.82, 2.24) is 4.67 Å². The van der Waals surface area contributed by atoms with Crippen LogP contribution in [-0.2, 0) is 23.3 Å². The maximum atomic E-state index is 12.5. The Morgan fingerprint density at radius 1 is 0.781 bits per heavy atom. The molecule has 0 spiro atoms. The average molecular weight is 529 g/mol. The molecule has 0 aromatic rings. The summed E-state index contributed by atoms with van der Waals surface area (Å²) >= 11 is 11.3. The van der Waals surface area contributed by atoms with E-state index in [0.717, 1.165) is 0 Å². The smallest absolute Gasteiger partial charge is 0.300 e. The Hall–Kier alpha value is 0.200. The summed E-state index contributed by atoms with van der Waals surface area (Å²) < 4.78 is 35.0. The van der Waals surface area contributed by atoms with Gasteiger partial charge in [0.1, 0.15) is 48.8 Å². The van der Waals surface area contributed by atoms with E-state index in [1.165, 1.54) is 4.67 Å². The number of nitrogens with zero attached hydrogens (tertiary/aromatic N) is 1. The molecule has 189 valence electrons. The van der Waals surface area contributed by atoms with E-state index in [1.54, 1.807) is 0 Å². The topological polar surface area (TPSA) is 199 Å². The summed E-state index contributed by atoms with van der Waals surface area (Å²) in [5.41, 5.74) is 0. The molecule has 1 radical (unpaired) electrons. The van der Waals surface area contributed by atoms with Crippen LogP contribution in [0.3, 0.4) is 0 Å². The first-order valence-corrected chi connectivity index (χ1v) is 12.0. The first kappa shape index (κ1) is 28.4. The van der Waals surface area contributed by atoms with Crippen molar-refractivity contribution >= 4 is 31.4 Å². The lowest BCUT2D eigenvalue weighted by molar-refractivity contribution is -0.352. The van der Waals surface area contributed by atoms with Gasteiger partial charge in [0.05, 0.1) is 13.2 Å². The van der Waals surface area contributed by atoms with E-state index in [0.29, 0.717) is 0 Å². The third kappa shape index (κ3) is 6.66. The van der Waals surface area contributed by atoms with Crippen molar-refractivity contribution in [1.29, 1.82) is 0 Å². The van der Waals surface area contributed by atoms with E-state index in [1.807, 2.05) is 0 Å². The molecule has 2 aliphatic heterocycles. The quantitative estimate of drug-likeness (QED) is 0.106. The molecule has 0 aliphatic carbocycles. The average Bonchev–Trinajstić information content (AvgIpc) is 2.78. The predicted octanol–water partition coefficient (Wildman–Crippen LogP) is -2.94. The van der Waals surface area contributed by atoms with Crippen LogP contribution in [0.4, 0.5) is 0 Å². The molecule has 0 bridgehead atoms. The highest BCUT2D eigenvalue weighted by Crippen LogP contribution is 2.36. The number of ether oxygens (including phenoxy) is 3. The van der Waals surface area contributed by atoms with Crippen LogP contribution in [-0.4, -0.2) is 140 Å². The molecule has 2 rings (SSSR count). The second-order valence-electron chi connectivity index (χ2n) is 7.18. The summed E-state index contributed by atoms with van der Waals surface area (Å²) in [5, 5.41) is 69.7. The van der Waals surface area contributed by atoms with Gasteiger partial charge in [-0.25, -0.2) is 9.24 Å². The van der Waals surface area contributed by atoms with E-state index in [4.69, 9.17) is 41.9 Å². The minimum absolute atomic E-state index is 0.131. The first-order chi connectivity index (χ1) is 15.2. The minimum Gasteiger partial charge on any atom is -0.394 e. The standard InChI is InChI=1S/C16H29Cl2NO12P/c17-1-3-19(4-2-18)32(27)31-16-13(26)11(24)14(8(6-21)29-16)30-15-12(25)10(23)9(22)7(5-20)28-15/h7-16,20-26H,1-6H2/t7-,8-,9-,10+,11-,12-,13-,14-,15+,16-/m1/s1. The molecular formula is C16H29Cl2NO12P. The Balaban J connectivity index is 2.09. The number of hydrogen-bond acceptors (Lipinski definition) is 12. The molecule has 0 aromatic carbocycles. The number of hydrogen-bond donors (Lipinski definition) is 7. The van der Waals surface area contributed by atoms with Crippen LogP contribution in [0.15, 0.2) is 0 Å². The number of alkyl halides is 2. The molecule has 2 saturated heterocycles. The first-order valence-electron chi connectivity index (χ1n) is 9.79. The van der Waals surface area contributed by atoms with Crippen molar-refractivity contribution in [2.24, 2.45) is 0 Å². The SMILES string of the molecule is O=[P](O[C@H]1O[C@H](CO)[C@@H](O[C@@H]2O[C@H](CO)[C@@H](O)[C@H](O)[C@H]2O)[C@H](O)[C@H]1O)N(CCCl)CCCl. The Labute approximate surface area is 194 Å². The molecule has 32 heavy (non-hydrogen) atoms. The Kier molecular flexibility index (Phi) is 11.8. The van der Waals surface area contributed by atoms with E-state index < -0.39 is 82.8 Å². The molecule has 7 N–H and O–H groups in total. The fourth-order valence-electron chi connectivity index (χ4n) is 3.27. The summed E-state index contributed by atoms with van der Waals surface area (Å²) in [7, 11) is -2.56. The summed E-state index contributed by atoms with van der Waals surface area (Å²) in [6.45, 7) is -1.11. The number of rotatable bonds is 11. The van der Waals surface area contributed by atoms with Gasteiger partial charge in [-0.2, -0.15) is 0 Å². The third-order valence-corrected chi connectivity index (χ3v) is 6.66. The highest BCUT2D eigenvalue weighted by atomic mass is 35.5. The fraction of sp³-hybridized carbons (Fsp3) is 1.00. The van der Waals surface area contributed by atoms with Gasteiger partial charge in [-0.1, -0.05) is 0 Å². The second kappa shape index (κ2) is 13.3. The second-order valence-corrected chi connectivity index (χ2v) is 9.19. The molecule has 0 aromatic heterocycles. The van der Waals surface area contributed by atoms with Crippen LogP contribution in [0.1, 0.15) is 0 Å². The monoisotopic (exact) mass is 528 g/mol. The van der Waals surface area contributed by atoms with Crippen LogP contribution >= 0.6 is 31.4 Å². The van der Waals surface area contributed by atoms with Gasteiger partial charge in [-0.15, -0.1) is 23.2 Å². The van der Waals surface area contributed by atoms with Crippen molar-refractivity contribution < 1.29 is 59.0 Å². The van der Waals surface area contributed by atoms with Gasteiger partial charge in [0, 0.05) is 24.8 Å². The summed E-state index contributed by atoms with van der Waals surface area (Å²) in [4.78, 5) is 0. The molecule has 2 fully saturated rings. The maximum Gasteiger partial charge on any atom is 0.300 e. The van der Waals surface area contributed by atoms with Crippen LogP contribution in [0.2, 0.25) is 0 Å². The summed E-state index contributed by atoms with van der Waals surface area (Å²) in [6.07, 6.45) is -16.1. The molecule has 2 aliphatic rings. The van der Waals surface area contributed by atoms with E-state index in [2.05, 4.69) is 0 Å². The largest absolute Gasteiger partial charge is 0.394 e. The summed E-state index contributed by atoms with van der Waals surface area (Å²) in [6, 6.07) is 0. The normalized spacial score (nSPS) is 41.1. The van der Waals surface area contributed by atoms with Gasteiger partial charge < -0.3 is 50.0 Å². The van der Waals surface area contributed by atoms with Gasteiger partial charge in [0.25, 0.3) is 8.18 Å². The van der Waals surface area contributed by atoms with Crippen molar-refractivity contribution in [3.05, 3.63) is 0 Å². The van der Waals surface area contributed by atoms with Gasteiger partial charge in [0.2, 0.25) is 0 Å². The van der Waals surface area contributed by atoms with Crippen LogP contribution in [0.25, 0.3) is 0 Å². The number of halogens is 2. The van der Waals surface area contributed by atoms with Gasteiger partial charge >= 0.3 is 0 Å².